The summed E-state index contributed by atoms with van der Waals surface area (Å²) >= 11 is 5.87. The van der Waals surface area contributed by atoms with Crippen molar-refractivity contribution in [2.75, 3.05) is 13.7 Å². The summed E-state index contributed by atoms with van der Waals surface area (Å²) in [6.45, 7) is 0.518. The first-order chi connectivity index (χ1) is 7.13. The average molecular weight is 264 g/mol. The summed E-state index contributed by atoms with van der Waals surface area (Å²) in [5.41, 5.74) is 5.79. The summed E-state index contributed by atoms with van der Waals surface area (Å²) in [6.07, 6.45) is 2.05. The Morgan fingerprint density at radius 2 is 2.06 bits per heavy atom. The van der Waals surface area contributed by atoms with Crippen LogP contribution in [-0.4, -0.2) is 19.3 Å². The topological polar surface area (TPSA) is 44.5 Å². The lowest BCUT2D eigenvalue weighted by Gasteiger charge is -2.13. The van der Waals surface area contributed by atoms with E-state index in [1.165, 1.54) is 0 Å². The summed E-state index contributed by atoms with van der Waals surface area (Å²) < 4.78 is 10.8. The van der Waals surface area contributed by atoms with Crippen LogP contribution < -0.4 is 15.2 Å². The van der Waals surface area contributed by atoms with Gasteiger partial charge < -0.3 is 15.2 Å². The van der Waals surface area contributed by atoms with E-state index in [9.17, 15) is 0 Å². The van der Waals surface area contributed by atoms with Crippen molar-refractivity contribution < 1.29 is 9.47 Å². The Hall–Kier alpha value is -0.640. The summed E-state index contributed by atoms with van der Waals surface area (Å²) in [5, 5.41) is 0.632. The van der Waals surface area contributed by atoms with Gasteiger partial charge in [-0.05, 0) is 25.0 Å². The first-order valence-corrected chi connectivity index (χ1v) is 5.26. The molecule has 5 heteroatoms. The van der Waals surface area contributed by atoms with Gasteiger partial charge in [0.1, 0.15) is 6.61 Å². The third-order valence-electron chi connectivity index (χ3n) is 2.53. The van der Waals surface area contributed by atoms with E-state index in [0.717, 1.165) is 12.8 Å². The highest BCUT2D eigenvalue weighted by molar-refractivity contribution is 6.30. The van der Waals surface area contributed by atoms with E-state index in [1.54, 1.807) is 25.3 Å². The number of hydrogen-bond acceptors (Lipinski definition) is 3. The molecule has 1 aromatic carbocycles. The fraction of sp³-hybridized carbons (Fsp3) is 0.455. The molecule has 90 valence electrons. The van der Waals surface area contributed by atoms with Crippen molar-refractivity contribution in [3.05, 3.63) is 23.2 Å². The lowest BCUT2D eigenvalue weighted by molar-refractivity contribution is 0.264. The van der Waals surface area contributed by atoms with Gasteiger partial charge in [-0.3, -0.25) is 0 Å². The van der Waals surface area contributed by atoms with E-state index in [2.05, 4.69) is 0 Å². The molecule has 0 bridgehead atoms. The molecule has 0 heterocycles. The molecule has 0 saturated heterocycles. The van der Waals surface area contributed by atoms with Crippen molar-refractivity contribution in [2.45, 2.75) is 18.4 Å². The number of methoxy groups -OCH3 is 1. The van der Waals surface area contributed by atoms with Gasteiger partial charge >= 0.3 is 0 Å². The first-order valence-electron chi connectivity index (χ1n) is 4.88. The van der Waals surface area contributed by atoms with E-state index in [1.807, 2.05) is 0 Å². The van der Waals surface area contributed by atoms with E-state index < -0.39 is 0 Å². The maximum absolute atomic E-state index is 5.93. The predicted molar refractivity (Wildman–Crippen MR) is 66.9 cm³/mol. The van der Waals surface area contributed by atoms with E-state index in [4.69, 9.17) is 26.8 Å². The lowest BCUT2D eigenvalue weighted by Crippen LogP contribution is -2.29. The van der Waals surface area contributed by atoms with Crippen molar-refractivity contribution in [3.63, 3.8) is 0 Å². The molecule has 2 rings (SSSR count). The number of halogens is 2. The molecule has 2 N–H and O–H groups in total. The molecule has 1 aliphatic rings. The van der Waals surface area contributed by atoms with Crippen LogP contribution in [0.1, 0.15) is 12.8 Å². The maximum Gasteiger partial charge on any atom is 0.162 e. The first kappa shape index (κ1) is 13.4. The lowest BCUT2D eigenvalue weighted by atomic mass is 10.3. The summed E-state index contributed by atoms with van der Waals surface area (Å²) in [7, 11) is 1.60. The molecule has 1 aromatic rings. The van der Waals surface area contributed by atoms with E-state index in [0.29, 0.717) is 23.1 Å². The molecule has 16 heavy (non-hydrogen) atoms. The highest BCUT2D eigenvalue weighted by Gasteiger charge is 2.39. The van der Waals surface area contributed by atoms with Crippen LogP contribution in [0.3, 0.4) is 0 Å². The standard InChI is InChI=1S/C11H14ClNO2.ClH/c1-14-9-3-2-8(12)6-10(9)15-7-11(13)4-5-11;/h2-3,6H,4-5,7,13H2,1H3;1H. The van der Waals surface area contributed by atoms with Crippen molar-refractivity contribution >= 4 is 24.0 Å². The van der Waals surface area contributed by atoms with Crippen LogP contribution >= 0.6 is 24.0 Å². The zero-order chi connectivity index (χ0) is 10.9. The van der Waals surface area contributed by atoms with Gasteiger partial charge in [-0.15, -0.1) is 12.4 Å². The Bertz CT molecular complexity index is 367. The van der Waals surface area contributed by atoms with Crippen LogP contribution in [0.25, 0.3) is 0 Å². The summed E-state index contributed by atoms with van der Waals surface area (Å²) in [5.74, 6) is 1.34. The van der Waals surface area contributed by atoms with Gasteiger partial charge in [0, 0.05) is 11.1 Å². The predicted octanol–water partition coefficient (Wildman–Crippen LogP) is 2.64. The fourth-order valence-electron chi connectivity index (χ4n) is 1.29. The number of ether oxygens (including phenoxy) is 2. The van der Waals surface area contributed by atoms with Crippen LogP contribution in [0.2, 0.25) is 5.02 Å². The van der Waals surface area contributed by atoms with Crippen molar-refractivity contribution in [2.24, 2.45) is 5.73 Å². The Balaban J connectivity index is 0.00000128. The van der Waals surface area contributed by atoms with Gasteiger partial charge in [0.15, 0.2) is 11.5 Å². The number of hydrogen-bond donors (Lipinski definition) is 1. The average Bonchev–Trinajstić information content (AvgIpc) is 2.95. The second-order valence-electron chi connectivity index (χ2n) is 3.95. The van der Waals surface area contributed by atoms with Crippen molar-refractivity contribution in [3.8, 4) is 11.5 Å². The molecule has 1 saturated carbocycles. The highest BCUT2D eigenvalue weighted by Crippen LogP contribution is 2.35. The largest absolute Gasteiger partial charge is 0.493 e. The molecule has 0 aliphatic heterocycles. The molecule has 0 amide bonds. The van der Waals surface area contributed by atoms with Crippen LogP contribution in [0.5, 0.6) is 11.5 Å². The molecule has 1 fully saturated rings. The Morgan fingerprint density at radius 1 is 1.38 bits per heavy atom. The number of rotatable bonds is 4. The molecule has 0 atom stereocenters. The van der Waals surface area contributed by atoms with Gasteiger partial charge in [0.05, 0.1) is 12.6 Å². The summed E-state index contributed by atoms with van der Waals surface area (Å²) in [6, 6.07) is 5.29. The van der Waals surface area contributed by atoms with Gasteiger partial charge in [0.2, 0.25) is 0 Å². The molecule has 3 nitrogen and oxygen atoms in total. The SMILES string of the molecule is COc1ccc(Cl)cc1OCC1(N)CC1.Cl. The minimum Gasteiger partial charge on any atom is -0.493 e. The zero-order valence-corrected chi connectivity index (χ0v) is 10.6. The highest BCUT2D eigenvalue weighted by atomic mass is 35.5. The van der Waals surface area contributed by atoms with Gasteiger partial charge in [-0.1, -0.05) is 11.6 Å². The van der Waals surface area contributed by atoms with Crippen LogP contribution in [-0.2, 0) is 0 Å². The second-order valence-corrected chi connectivity index (χ2v) is 4.38. The van der Waals surface area contributed by atoms with Crippen molar-refractivity contribution in [1.82, 2.24) is 0 Å². The number of nitrogens with two attached hydrogens (primary N) is 1. The monoisotopic (exact) mass is 263 g/mol. The maximum atomic E-state index is 5.93. The van der Waals surface area contributed by atoms with Crippen molar-refractivity contribution in [1.29, 1.82) is 0 Å². The minimum atomic E-state index is -0.132. The molecule has 0 radical (unpaired) electrons. The third kappa shape index (κ3) is 3.17. The third-order valence-corrected chi connectivity index (χ3v) is 2.77. The van der Waals surface area contributed by atoms with Gasteiger partial charge in [0.25, 0.3) is 0 Å². The van der Waals surface area contributed by atoms with Crippen LogP contribution in [0, 0.1) is 0 Å². The second kappa shape index (κ2) is 5.13. The smallest absolute Gasteiger partial charge is 0.162 e. The minimum absolute atomic E-state index is 0. The quantitative estimate of drug-likeness (QED) is 0.909. The molecular formula is C11H15Cl2NO2. The Labute approximate surface area is 106 Å². The normalized spacial score (nSPS) is 16.2. The zero-order valence-electron chi connectivity index (χ0n) is 9.03. The van der Waals surface area contributed by atoms with E-state index >= 15 is 0 Å². The Morgan fingerprint density at radius 3 is 2.62 bits per heavy atom. The van der Waals surface area contributed by atoms with Crippen LogP contribution in [0.4, 0.5) is 0 Å². The van der Waals surface area contributed by atoms with Gasteiger partial charge in [-0.25, -0.2) is 0 Å². The van der Waals surface area contributed by atoms with Gasteiger partial charge in [-0.2, -0.15) is 0 Å². The fourth-order valence-corrected chi connectivity index (χ4v) is 1.45. The molecule has 0 unspecified atom stereocenters. The van der Waals surface area contributed by atoms with Crippen LogP contribution in [0.15, 0.2) is 18.2 Å². The molecule has 0 aromatic heterocycles. The number of benzene rings is 1. The molecule has 0 spiro atoms. The Kier molecular flexibility index (Phi) is 4.30. The summed E-state index contributed by atoms with van der Waals surface area (Å²) in [4.78, 5) is 0. The molecular weight excluding hydrogens is 249 g/mol. The molecule has 1 aliphatic carbocycles. The van der Waals surface area contributed by atoms with E-state index in [-0.39, 0.29) is 17.9 Å².